The quantitative estimate of drug-likeness (QED) is 0.282. The van der Waals surface area contributed by atoms with Crippen LogP contribution in [0.15, 0.2) is 24.3 Å². The largest absolute Gasteiger partial charge is 0.491 e. The number of hydrogen-bond donors (Lipinski definition) is 0. The van der Waals surface area contributed by atoms with Crippen molar-refractivity contribution in [3.05, 3.63) is 41.5 Å². The van der Waals surface area contributed by atoms with Gasteiger partial charge in [0.15, 0.2) is 11.6 Å². The van der Waals surface area contributed by atoms with Crippen LogP contribution in [0.3, 0.4) is 0 Å². The van der Waals surface area contributed by atoms with Crippen LogP contribution in [0.4, 0.5) is 8.78 Å². The first kappa shape index (κ1) is 30.1. The SMILES string of the molecule is C/C=C/CCC1CCC(C2CCC(C3CCC(C4CCC(c5ccc(OCC)c(F)c5F)CC4)CC3)CO2)CC1. The monoisotopic (exact) mass is 556 g/mol. The Balaban J connectivity index is 1.01. The highest BCUT2D eigenvalue weighted by atomic mass is 19.2. The standard InChI is InChI=1S/C36H54F2O2/c1-3-5-6-7-25-8-10-30(11-9-25)33-22-20-31(24-40-33)28-14-12-26(13-15-28)27-16-18-29(19-17-27)32-21-23-34(39-4-2)36(38)35(32)37/h3,5,21,23,25-31,33H,4,6-20,22,24H2,1-2H3/b5-3+. The van der Waals surface area contributed by atoms with E-state index in [0.29, 0.717) is 18.3 Å². The van der Waals surface area contributed by atoms with Crippen LogP contribution < -0.4 is 4.74 Å². The normalized spacial score (nSPS) is 35.6. The number of halogens is 2. The Bertz CT molecular complexity index is 928. The number of allylic oxidation sites excluding steroid dienone is 2. The third-order valence-corrected chi connectivity index (χ3v) is 11.5. The molecule has 0 aromatic heterocycles. The molecular weight excluding hydrogens is 502 g/mol. The maximum atomic E-state index is 14.8. The lowest BCUT2D eigenvalue weighted by Gasteiger charge is -2.43. The van der Waals surface area contributed by atoms with E-state index >= 15 is 0 Å². The molecule has 2 nitrogen and oxygen atoms in total. The fraction of sp³-hybridized carbons (Fsp3) is 0.778. The zero-order valence-electron chi connectivity index (χ0n) is 25.2. The molecular formula is C36H54F2O2. The van der Waals surface area contributed by atoms with Crippen molar-refractivity contribution < 1.29 is 18.3 Å². The highest BCUT2D eigenvalue weighted by Gasteiger charge is 2.37. The molecule has 4 heteroatoms. The number of hydrogen-bond acceptors (Lipinski definition) is 2. The first-order valence-electron chi connectivity index (χ1n) is 16.9. The van der Waals surface area contributed by atoms with Gasteiger partial charge in [0.05, 0.1) is 19.3 Å². The number of benzene rings is 1. The zero-order chi connectivity index (χ0) is 27.9. The average Bonchev–Trinajstić information content (AvgIpc) is 3.01. The first-order chi connectivity index (χ1) is 19.6. The molecule has 0 radical (unpaired) electrons. The first-order valence-corrected chi connectivity index (χ1v) is 16.9. The molecule has 1 heterocycles. The smallest absolute Gasteiger partial charge is 0.200 e. The van der Waals surface area contributed by atoms with Gasteiger partial charge < -0.3 is 9.47 Å². The summed E-state index contributed by atoms with van der Waals surface area (Å²) in [5.74, 6) is 3.58. The minimum absolute atomic E-state index is 0.0337. The maximum Gasteiger partial charge on any atom is 0.200 e. The highest BCUT2D eigenvalue weighted by molar-refractivity contribution is 5.33. The summed E-state index contributed by atoms with van der Waals surface area (Å²) in [6, 6.07) is 3.37. The number of ether oxygens (including phenoxy) is 2. The van der Waals surface area contributed by atoms with Crippen LogP contribution in [0, 0.1) is 47.1 Å². The molecule has 4 fully saturated rings. The van der Waals surface area contributed by atoms with E-state index < -0.39 is 11.6 Å². The molecule has 5 rings (SSSR count). The molecule has 3 aliphatic carbocycles. The van der Waals surface area contributed by atoms with Gasteiger partial charge in [-0.25, -0.2) is 4.39 Å². The second-order valence-electron chi connectivity index (χ2n) is 13.6. The van der Waals surface area contributed by atoms with Crippen molar-refractivity contribution in [2.24, 2.45) is 35.5 Å². The Hall–Kier alpha value is -1.42. The summed E-state index contributed by atoms with van der Waals surface area (Å²) in [5, 5.41) is 0. The molecule has 1 saturated heterocycles. The van der Waals surface area contributed by atoms with Gasteiger partial charge in [0.25, 0.3) is 0 Å². The molecule has 0 bridgehead atoms. The summed E-state index contributed by atoms with van der Waals surface area (Å²) in [4.78, 5) is 0. The molecule has 0 amide bonds. The van der Waals surface area contributed by atoms with Crippen molar-refractivity contribution >= 4 is 0 Å². The molecule has 224 valence electrons. The lowest BCUT2D eigenvalue weighted by atomic mass is 9.66. The fourth-order valence-electron chi connectivity index (χ4n) is 9.00. The van der Waals surface area contributed by atoms with Crippen molar-refractivity contribution in [2.75, 3.05) is 13.2 Å². The lowest BCUT2D eigenvalue weighted by Crippen LogP contribution is -2.37. The maximum absolute atomic E-state index is 14.8. The molecule has 0 N–H and O–H groups in total. The van der Waals surface area contributed by atoms with Crippen LogP contribution in [0.5, 0.6) is 5.75 Å². The topological polar surface area (TPSA) is 18.5 Å². The van der Waals surface area contributed by atoms with Gasteiger partial charge in [0, 0.05) is 0 Å². The predicted octanol–water partition coefficient (Wildman–Crippen LogP) is 10.4. The molecule has 2 atom stereocenters. The van der Waals surface area contributed by atoms with Crippen LogP contribution in [0.1, 0.15) is 128 Å². The zero-order valence-corrected chi connectivity index (χ0v) is 25.2. The van der Waals surface area contributed by atoms with E-state index in [-0.39, 0.29) is 11.7 Å². The van der Waals surface area contributed by atoms with Gasteiger partial charge in [-0.1, -0.05) is 31.1 Å². The van der Waals surface area contributed by atoms with Gasteiger partial charge in [-0.3, -0.25) is 0 Å². The second-order valence-corrected chi connectivity index (χ2v) is 13.6. The summed E-state index contributed by atoms with van der Waals surface area (Å²) in [6.45, 7) is 5.26. The van der Waals surface area contributed by atoms with Gasteiger partial charge in [0.2, 0.25) is 5.82 Å². The summed E-state index contributed by atoms with van der Waals surface area (Å²) < 4.78 is 41.0. The van der Waals surface area contributed by atoms with E-state index in [1.165, 1.54) is 77.0 Å². The van der Waals surface area contributed by atoms with E-state index in [4.69, 9.17) is 9.47 Å². The Labute approximate surface area is 242 Å². The minimum Gasteiger partial charge on any atom is -0.491 e. The van der Waals surface area contributed by atoms with E-state index in [9.17, 15) is 8.78 Å². The summed E-state index contributed by atoms with van der Waals surface area (Å²) in [6.07, 6.45) is 25.6. The van der Waals surface area contributed by atoms with Gasteiger partial charge in [-0.05, 0) is 157 Å². The highest BCUT2D eigenvalue weighted by Crippen LogP contribution is 2.47. The van der Waals surface area contributed by atoms with E-state index in [2.05, 4.69) is 19.1 Å². The van der Waals surface area contributed by atoms with Gasteiger partial charge in [0.1, 0.15) is 0 Å². The predicted molar refractivity (Wildman–Crippen MR) is 160 cm³/mol. The van der Waals surface area contributed by atoms with E-state index in [0.717, 1.165) is 67.8 Å². The summed E-state index contributed by atoms with van der Waals surface area (Å²) in [7, 11) is 0. The molecule has 4 aliphatic rings. The second kappa shape index (κ2) is 14.7. The van der Waals surface area contributed by atoms with Gasteiger partial charge in [-0.15, -0.1) is 0 Å². The Morgan fingerprint density at radius 2 is 1.35 bits per heavy atom. The molecule has 1 aliphatic heterocycles. The van der Waals surface area contributed by atoms with E-state index in [1.807, 2.05) is 0 Å². The van der Waals surface area contributed by atoms with Crippen LogP contribution in [0.25, 0.3) is 0 Å². The minimum atomic E-state index is -0.819. The molecule has 3 saturated carbocycles. The van der Waals surface area contributed by atoms with Crippen LogP contribution in [-0.4, -0.2) is 19.3 Å². The summed E-state index contributed by atoms with van der Waals surface area (Å²) in [5.41, 5.74) is 0.552. The number of rotatable bonds is 9. The fourth-order valence-corrected chi connectivity index (χ4v) is 9.00. The summed E-state index contributed by atoms with van der Waals surface area (Å²) >= 11 is 0. The van der Waals surface area contributed by atoms with Crippen LogP contribution in [-0.2, 0) is 4.74 Å². The average molecular weight is 557 g/mol. The molecule has 0 spiro atoms. The van der Waals surface area contributed by atoms with Crippen molar-refractivity contribution in [1.82, 2.24) is 0 Å². The Kier molecular flexibility index (Phi) is 11.0. The third kappa shape index (κ3) is 7.31. The van der Waals surface area contributed by atoms with Gasteiger partial charge in [-0.2, -0.15) is 4.39 Å². The van der Waals surface area contributed by atoms with Crippen molar-refractivity contribution in [2.45, 2.75) is 129 Å². The third-order valence-electron chi connectivity index (χ3n) is 11.5. The molecule has 1 aromatic rings. The van der Waals surface area contributed by atoms with Crippen molar-refractivity contribution in [3.8, 4) is 5.75 Å². The lowest BCUT2D eigenvalue weighted by molar-refractivity contribution is -0.0749. The van der Waals surface area contributed by atoms with Crippen LogP contribution in [0.2, 0.25) is 0 Å². The molecule has 2 unspecified atom stereocenters. The molecule has 1 aromatic carbocycles. The van der Waals surface area contributed by atoms with Gasteiger partial charge >= 0.3 is 0 Å². The Morgan fingerprint density at radius 1 is 0.750 bits per heavy atom. The van der Waals surface area contributed by atoms with Crippen molar-refractivity contribution in [3.63, 3.8) is 0 Å². The van der Waals surface area contributed by atoms with Crippen molar-refractivity contribution in [1.29, 1.82) is 0 Å². The molecule has 40 heavy (non-hydrogen) atoms. The van der Waals surface area contributed by atoms with E-state index in [1.54, 1.807) is 19.1 Å². The van der Waals surface area contributed by atoms with Crippen LogP contribution >= 0.6 is 0 Å². The Morgan fingerprint density at radius 3 is 1.95 bits per heavy atom.